The Hall–Kier alpha value is -1.52. The van der Waals surface area contributed by atoms with Crippen molar-refractivity contribution in [3.8, 4) is 0 Å². The molecule has 2 rings (SSSR count). The number of ether oxygens (including phenoxy) is 1. The van der Waals surface area contributed by atoms with Crippen molar-refractivity contribution in [2.75, 3.05) is 0 Å². The van der Waals surface area contributed by atoms with E-state index in [1.54, 1.807) is 5.38 Å². The summed E-state index contributed by atoms with van der Waals surface area (Å²) in [5, 5.41) is 2.61. The van der Waals surface area contributed by atoms with E-state index in [0.717, 1.165) is 10.6 Å². The van der Waals surface area contributed by atoms with Crippen molar-refractivity contribution in [1.29, 1.82) is 0 Å². The van der Waals surface area contributed by atoms with Crippen LogP contribution in [0.2, 0.25) is 0 Å². The van der Waals surface area contributed by atoms with Crippen LogP contribution in [0.5, 0.6) is 0 Å². The number of ketones is 1. The van der Waals surface area contributed by atoms with Gasteiger partial charge in [-0.3, -0.25) is 4.79 Å². The molecular formula is C13H13NO2S. The summed E-state index contributed by atoms with van der Waals surface area (Å²) in [6, 6.07) is 9.97. The van der Waals surface area contributed by atoms with Gasteiger partial charge in [-0.1, -0.05) is 30.3 Å². The fourth-order valence-electron chi connectivity index (χ4n) is 1.37. The Bertz CT molecular complexity index is 493. The van der Waals surface area contributed by atoms with Gasteiger partial charge in [0, 0.05) is 12.3 Å². The third kappa shape index (κ3) is 3.47. The predicted molar refractivity (Wildman–Crippen MR) is 67.1 cm³/mol. The minimum absolute atomic E-state index is 0.00411. The van der Waals surface area contributed by atoms with Gasteiger partial charge in [0.25, 0.3) is 0 Å². The highest BCUT2D eigenvalue weighted by atomic mass is 32.1. The molecule has 0 spiro atoms. The summed E-state index contributed by atoms with van der Waals surface area (Å²) in [6.45, 7) is 2.53. The standard InChI is InChI=1S/C13H13NO2S/c1-10(15)12-9-17-13(14-12)8-16-7-11-5-3-2-4-6-11/h2-6,9H,7-8H2,1H3. The van der Waals surface area contributed by atoms with Gasteiger partial charge in [0.15, 0.2) is 5.78 Å². The Kier molecular flexibility index (Phi) is 4.01. The fraction of sp³-hybridized carbons (Fsp3) is 0.231. The second-order valence-corrected chi connectivity index (χ2v) is 4.60. The zero-order chi connectivity index (χ0) is 12.1. The number of hydrogen-bond donors (Lipinski definition) is 0. The van der Waals surface area contributed by atoms with Gasteiger partial charge in [0.2, 0.25) is 0 Å². The lowest BCUT2D eigenvalue weighted by atomic mass is 10.2. The molecule has 88 valence electrons. The number of thiazole rings is 1. The van der Waals surface area contributed by atoms with Gasteiger partial charge >= 0.3 is 0 Å². The molecule has 1 aromatic heterocycles. The Morgan fingerprint density at radius 1 is 1.29 bits per heavy atom. The van der Waals surface area contributed by atoms with Crippen LogP contribution < -0.4 is 0 Å². The molecule has 0 fully saturated rings. The average Bonchev–Trinajstić information content (AvgIpc) is 2.79. The van der Waals surface area contributed by atoms with E-state index in [1.165, 1.54) is 18.3 Å². The zero-order valence-corrected chi connectivity index (χ0v) is 10.4. The maximum atomic E-state index is 11.1. The first kappa shape index (κ1) is 12.0. The smallest absolute Gasteiger partial charge is 0.178 e. The molecule has 3 nitrogen and oxygen atoms in total. The lowest BCUT2D eigenvalue weighted by molar-refractivity contribution is 0.100. The van der Waals surface area contributed by atoms with Crippen LogP contribution in [0.3, 0.4) is 0 Å². The largest absolute Gasteiger partial charge is 0.370 e. The summed E-state index contributed by atoms with van der Waals surface area (Å²) in [5.74, 6) is -0.00411. The number of rotatable bonds is 5. The second-order valence-electron chi connectivity index (χ2n) is 3.66. The summed E-state index contributed by atoms with van der Waals surface area (Å²) < 4.78 is 5.54. The lowest BCUT2D eigenvalue weighted by Crippen LogP contribution is -1.96. The van der Waals surface area contributed by atoms with E-state index < -0.39 is 0 Å². The first-order valence-corrected chi connectivity index (χ1v) is 6.20. The van der Waals surface area contributed by atoms with Gasteiger partial charge in [0.05, 0.1) is 13.2 Å². The van der Waals surface area contributed by atoms with Crippen molar-refractivity contribution in [3.63, 3.8) is 0 Å². The monoisotopic (exact) mass is 247 g/mol. The number of carbonyl (C=O) groups excluding carboxylic acids is 1. The molecule has 2 aromatic rings. The van der Waals surface area contributed by atoms with Crippen molar-refractivity contribution in [1.82, 2.24) is 4.98 Å². The Morgan fingerprint density at radius 3 is 2.71 bits per heavy atom. The minimum Gasteiger partial charge on any atom is -0.370 e. The molecule has 0 atom stereocenters. The number of nitrogens with zero attached hydrogens (tertiary/aromatic N) is 1. The van der Waals surface area contributed by atoms with Crippen molar-refractivity contribution < 1.29 is 9.53 Å². The van der Waals surface area contributed by atoms with Crippen LogP contribution in [-0.4, -0.2) is 10.8 Å². The van der Waals surface area contributed by atoms with Crippen molar-refractivity contribution in [2.24, 2.45) is 0 Å². The molecule has 0 aliphatic heterocycles. The van der Waals surface area contributed by atoms with Crippen molar-refractivity contribution >= 4 is 17.1 Å². The van der Waals surface area contributed by atoms with Crippen LogP contribution in [-0.2, 0) is 18.0 Å². The summed E-state index contributed by atoms with van der Waals surface area (Å²) in [5.41, 5.74) is 1.66. The molecule has 1 aromatic carbocycles. The fourth-order valence-corrected chi connectivity index (χ4v) is 2.14. The highest BCUT2D eigenvalue weighted by molar-refractivity contribution is 7.09. The van der Waals surface area contributed by atoms with Crippen molar-refractivity contribution in [2.45, 2.75) is 20.1 Å². The summed E-state index contributed by atoms with van der Waals surface area (Å²) in [6.07, 6.45) is 0. The van der Waals surface area contributed by atoms with Gasteiger partial charge in [-0.05, 0) is 5.56 Å². The minimum atomic E-state index is -0.00411. The molecule has 0 bridgehead atoms. The van der Waals surface area contributed by atoms with Crippen LogP contribution >= 0.6 is 11.3 Å². The number of carbonyl (C=O) groups is 1. The molecule has 0 aliphatic carbocycles. The van der Waals surface area contributed by atoms with Gasteiger partial charge in [-0.25, -0.2) is 4.98 Å². The second kappa shape index (κ2) is 5.70. The number of Topliss-reactive ketones (excluding diaryl/α,β-unsaturated/α-hetero) is 1. The molecule has 1 heterocycles. The van der Waals surface area contributed by atoms with Crippen molar-refractivity contribution in [3.05, 3.63) is 52.0 Å². The van der Waals surface area contributed by atoms with Gasteiger partial charge in [-0.2, -0.15) is 0 Å². The van der Waals surface area contributed by atoms with Crippen LogP contribution in [0.15, 0.2) is 35.7 Å². The first-order chi connectivity index (χ1) is 8.25. The normalized spacial score (nSPS) is 10.4. The van der Waals surface area contributed by atoms with Gasteiger partial charge in [-0.15, -0.1) is 11.3 Å². The van der Waals surface area contributed by atoms with Gasteiger partial charge < -0.3 is 4.74 Å². The first-order valence-electron chi connectivity index (χ1n) is 5.32. The molecule has 0 radical (unpaired) electrons. The van der Waals surface area contributed by atoms with E-state index in [2.05, 4.69) is 4.98 Å². The summed E-state index contributed by atoms with van der Waals surface area (Å²) in [7, 11) is 0. The molecular weight excluding hydrogens is 234 g/mol. The summed E-state index contributed by atoms with van der Waals surface area (Å²) in [4.78, 5) is 15.2. The molecule has 0 N–H and O–H groups in total. The highest BCUT2D eigenvalue weighted by Gasteiger charge is 2.05. The Balaban J connectivity index is 1.84. The van der Waals surface area contributed by atoms with E-state index in [9.17, 15) is 4.79 Å². The topological polar surface area (TPSA) is 39.2 Å². The lowest BCUT2D eigenvalue weighted by Gasteiger charge is -2.01. The predicted octanol–water partition coefficient (Wildman–Crippen LogP) is 3.06. The Morgan fingerprint density at radius 2 is 2.06 bits per heavy atom. The quantitative estimate of drug-likeness (QED) is 0.762. The molecule has 17 heavy (non-hydrogen) atoms. The molecule has 0 unspecified atom stereocenters. The number of aromatic nitrogens is 1. The third-order valence-corrected chi connectivity index (χ3v) is 3.07. The third-order valence-electron chi connectivity index (χ3n) is 2.25. The van der Waals surface area contributed by atoms with Crippen LogP contribution in [0.25, 0.3) is 0 Å². The average molecular weight is 247 g/mol. The summed E-state index contributed by atoms with van der Waals surface area (Å²) >= 11 is 1.46. The van der Waals surface area contributed by atoms with Crippen LogP contribution in [0.4, 0.5) is 0 Å². The van der Waals surface area contributed by atoms with Crippen LogP contribution in [0.1, 0.15) is 28.0 Å². The molecule has 4 heteroatoms. The van der Waals surface area contributed by atoms with E-state index in [0.29, 0.717) is 18.9 Å². The van der Waals surface area contributed by atoms with E-state index >= 15 is 0 Å². The van der Waals surface area contributed by atoms with Gasteiger partial charge in [0.1, 0.15) is 10.7 Å². The number of benzene rings is 1. The SMILES string of the molecule is CC(=O)c1csc(COCc2ccccc2)n1. The Labute approximate surface area is 104 Å². The maximum Gasteiger partial charge on any atom is 0.178 e. The van der Waals surface area contributed by atoms with E-state index in [-0.39, 0.29) is 5.78 Å². The molecule has 0 saturated heterocycles. The van der Waals surface area contributed by atoms with Crippen LogP contribution in [0, 0.1) is 0 Å². The molecule has 0 saturated carbocycles. The molecule has 0 aliphatic rings. The zero-order valence-electron chi connectivity index (χ0n) is 9.55. The maximum absolute atomic E-state index is 11.1. The highest BCUT2D eigenvalue weighted by Crippen LogP contribution is 2.12. The molecule has 0 amide bonds. The van der Waals surface area contributed by atoms with E-state index in [1.807, 2.05) is 30.3 Å². The number of hydrogen-bond acceptors (Lipinski definition) is 4. The van der Waals surface area contributed by atoms with E-state index in [4.69, 9.17) is 4.74 Å².